The number of aliphatic hydroxyl groups is 2. The molecule has 1 saturated heterocycles. The van der Waals surface area contributed by atoms with Crippen LogP contribution in [0.15, 0.2) is 60.8 Å². The van der Waals surface area contributed by atoms with Crippen molar-refractivity contribution in [1.29, 1.82) is 5.26 Å². The third-order valence-corrected chi connectivity index (χ3v) is 7.03. The second kappa shape index (κ2) is 12.0. The highest BCUT2D eigenvalue weighted by Gasteiger charge is 2.36. The minimum atomic E-state index is -4.51. The van der Waals surface area contributed by atoms with Gasteiger partial charge in [0, 0.05) is 37.4 Å². The number of rotatable bonds is 8. The van der Waals surface area contributed by atoms with Gasteiger partial charge >= 0.3 is 6.18 Å². The predicted molar refractivity (Wildman–Crippen MR) is 145 cm³/mol. The molecule has 3 aromatic rings. The number of piperazine rings is 1. The molecule has 2 N–H and O–H groups in total. The van der Waals surface area contributed by atoms with Crippen LogP contribution in [0.3, 0.4) is 0 Å². The molecular weight excluding hydrogens is 545 g/mol. The molecule has 7 nitrogen and oxygen atoms in total. The molecule has 212 valence electrons. The van der Waals surface area contributed by atoms with E-state index in [1.54, 1.807) is 31.2 Å². The van der Waals surface area contributed by atoms with E-state index < -0.39 is 23.4 Å². The highest BCUT2D eigenvalue weighted by molar-refractivity contribution is 6.30. The van der Waals surface area contributed by atoms with Crippen molar-refractivity contribution in [2.45, 2.75) is 37.8 Å². The second-order valence-corrected chi connectivity index (χ2v) is 10.6. The number of anilines is 1. The minimum absolute atomic E-state index is 0.101. The maximum atomic E-state index is 13.0. The van der Waals surface area contributed by atoms with E-state index in [0.717, 1.165) is 17.8 Å². The van der Waals surface area contributed by atoms with Gasteiger partial charge in [-0.1, -0.05) is 23.7 Å². The first-order valence-corrected chi connectivity index (χ1v) is 13.1. The van der Waals surface area contributed by atoms with Gasteiger partial charge in [0.2, 0.25) is 0 Å². The Labute approximate surface area is 236 Å². The number of hydrogen-bond donors (Lipinski definition) is 2. The lowest BCUT2D eigenvalue weighted by Gasteiger charge is -2.45. The minimum Gasteiger partial charge on any atom is -0.491 e. The lowest BCUT2D eigenvalue weighted by atomic mass is 9.96. The van der Waals surface area contributed by atoms with Gasteiger partial charge in [0.15, 0.2) is 0 Å². The normalized spacial score (nSPS) is 18.6. The van der Waals surface area contributed by atoms with Crippen LogP contribution >= 0.6 is 11.6 Å². The number of nitriles is 1. The topological polar surface area (TPSA) is 92.8 Å². The van der Waals surface area contributed by atoms with E-state index in [4.69, 9.17) is 16.3 Å². The molecule has 0 bridgehead atoms. The van der Waals surface area contributed by atoms with Gasteiger partial charge in [-0.05, 0) is 61.9 Å². The molecule has 2 aromatic carbocycles. The highest BCUT2D eigenvalue weighted by atomic mass is 35.5. The Morgan fingerprint density at radius 2 is 1.88 bits per heavy atom. The monoisotopic (exact) mass is 574 g/mol. The van der Waals surface area contributed by atoms with Gasteiger partial charge in [-0.15, -0.1) is 0 Å². The summed E-state index contributed by atoms with van der Waals surface area (Å²) in [6, 6.07) is 16.7. The van der Waals surface area contributed by atoms with Crippen LogP contribution in [-0.4, -0.2) is 59.0 Å². The Bertz CT molecular complexity index is 1340. The van der Waals surface area contributed by atoms with Crippen LogP contribution in [0.5, 0.6) is 5.75 Å². The molecule has 11 heteroatoms. The molecule has 1 unspecified atom stereocenters. The third kappa shape index (κ3) is 7.04. The summed E-state index contributed by atoms with van der Waals surface area (Å²) < 4.78 is 44.5. The molecule has 0 amide bonds. The molecule has 3 atom stereocenters. The van der Waals surface area contributed by atoms with Crippen molar-refractivity contribution in [2.24, 2.45) is 0 Å². The number of aromatic nitrogens is 1. The van der Waals surface area contributed by atoms with Gasteiger partial charge in [0.05, 0.1) is 34.7 Å². The maximum Gasteiger partial charge on any atom is 0.417 e. The van der Waals surface area contributed by atoms with E-state index in [0.29, 0.717) is 41.7 Å². The number of pyridine rings is 1. The number of β-amino-alcohol motifs (C(OH)–C–C–N with tert-alkyl or cyclic N) is 1. The molecule has 1 aliphatic rings. The van der Waals surface area contributed by atoms with Crippen LogP contribution in [0.2, 0.25) is 5.02 Å². The highest BCUT2D eigenvalue weighted by Crippen LogP contribution is 2.36. The summed E-state index contributed by atoms with van der Waals surface area (Å²) in [6.07, 6.45) is -4.43. The largest absolute Gasteiger partial charge is 0.491 e. The summed E-state index contributed by atoms with van der Waals surface area (Å²) in [4.78, 5) is 8.05. The van der Waals surface area contributed by atoms with Crippen molar-refractivity contribution in [3.05, 3.63) is 88.2 Å². The number of ether oxygens (including phenoxy) is 1. The summed E-state index contributed by atoms with van der Waals surface area (Å²) in [6.45, 7) is 4.87. The van der Waals surface area contributed by atoms with Gasteiger partial charge in [-0.2, -0.15) is 18.4 Å². The number of nitrogens with zero attached hydrogens (tertiary/aromatic N) is 4. The maximum absolute atomic E-state index is 13.0. The molecular formula is C29H30ClF3N4O3. The van der Waals surface area contributed by atoms with Crippen molar-refractivity contribution < 1.29 is 28.1 Å². The Kier molecular flexibility index (Phi) is 8.90. The van der Waals surface area contributed by atoms with E-state index in [9.17, 15) is 28.6 Å². The standard InChI is InChI=1S/C29H30ClF3N4O3/c1-19(38)17-40-24-8-9-25(21(13-24)14-34)37-12-11-36(16-26(37)20-3-6-23(30)7-4-20)18-28(2,39)27-10-5-22(15-35-27)29(31,32)33/h3-10,13,15,19,26,38-39H,11-12,16-18H2,1-2H3/t19?,26-,28+/m0/s1. The molecule has 0 aliphatic carbocycles. The predicted octanol–water partition coefficient (Wildman–Crippen LogP) is 5.16. The number of hydrogen-bond acceptors (Lipinski definition) is 7. The number of halogens is 4. The Hall–Kier alpha value is -3.36. The lowest BCUT2D eigenvalue weighted by Crippen LogP contribution is -2.52. The first kappa shape index (κ1) is 29.6. The van der Waals surface area contributed by atoms with Gasteiger partial charge in [0.1, 0.15) is 24.0 Å². The Balaban J connectivity index is 1.59. The third-order valence-electron chi connectivity index (χ3n) is 6.78. The zero-order valence-corrected chi connectivity index (χ0v) is 22.8. The molecule has 0 spiro atoms. The van der Waals surface area contributed by atoms with Crippen LogP contribution in [0.1, 0.15) is 42.3 Å². The van der Waals surface area contributed by atoms with Crippen molar-refractivity contribution in [3.63, 3.8) is 0 Å². The van der Waals surface area contributed by atoms with Gasteiger partial charge in [-0.3, -0.25) is 9.88 Å². The van der Waals surface area contributed by atoms with E-state index in [1.807, 2.05) is 23.1 Å². The van der Waals surface area contributed by atoms with Crippen LogP contribution < -0.4 is 9.64 Å². The van der Waals surface area contributed by atoms with Crippen molar-refractivity contribution in [3.8, 4) is 11.8 Å². The molecule has 0 radical (unpaired) electrons. The van der Waals surface area contributed by atoms with Gasteiger partial charge in [0.25, 0.3) is 0 Å². The average molecular weight is 575 g/mol. The van der Waals surface area contributed by atoms with Crippen LogP contribution in [-0.2, 0) is 11.8 Å². The first-order chi connectivity index (χ1) is 18.9. The van der Waals surface area contributed by atoms with Crippen molar-refractivity contribution >= 4 is 17.3 Å². The second-order valence-electron chi connectivity index (χ2n) is 10.2. The SMILES string of the molecule is CC(O)COc1ccc(N2CCN(C[C@@](C)(O)c3ccc(C(F)(F)F)cn3)C[C@H]2c2ccc(Cl)cc2)c(C#N)c1. The number of aliphatic hydroxyl groups excluding tert-OH is 1. The van der Waals surface area contributed by atoms with E-state index in [1.165, 1.54) is 13.0 Å². The lowest BCUT2D eigenvalue weighted by molar-refractivity contribution is -0.137. The average Bonchev–Trinajstić information content (AvgIpc) is 2.91. The van der Waals surface area contributed by atoms with E-state index in [-0.39, 0.29) is 24.9 Å². The molecule has 1 aromatic heterocycles. The summed E-state index contributed by atoms with van der Waals surface area (Å²) >= 11 is 6.13. The molecule has 4 rings (SSSR count). The van der Waals surface area contributed by atoms with Crippen molar-refractivity contribution in [2.75, 3.05) is 37.7 Å². The number of benzene rings is 2. The zero-order chi connectivity index (χ0) is 29.1. The summed E-state index contributed by atoms with van der Waals surface area (Å²) in [5.74, 6) is 0.475. The fourth-order valence-electron chi connectivity index (χ4n) is 4.80. The Morgan fingerprint density at radius 1 is 1.15 bits per heavy atom. The molecule has 40 heavy (non-hydrogen) atoms. The fraction of sp³-hybridized carbons (Fsp3) is 0.379. The zero-order valence-electron chi connectivity index (χ0n) is 22.1. The van der Waals surface area contributed by atoms with Crippen LogP contribution in [0.4, 0.5) is 18.9 Å². The van der Waals surface area contributed by atoms with Gasteiger partial charge in [-0.25, -0.2) is 0 Å². The molecule has 2 heterocycles. The van der Waals surface area contributed by atoms with Gasteiger partial charge < -0.3 is 19.8 Å². The van der Waals surface area contributed by atoms with Crippen LogP contribution in [0, 0.1) is 11.3 Å². The fourth-order valence-corrected chi connectivity index (χ4v) is 4.93. The Morgan fingerprint density at radius 3 is 2.48 bits per heavy atom. The quantitative estimate of drug-likeness (QED) is 0.384. The first-order valence-electron chi connectivity index (χ1n) is 12.7. The number of alkyl halides is 3. The van der Waals surface area contributed by atoms with Crippen molar-refractivity contribution in [1.82, 2.24) is 9.88 Å². The molecule has 0 saturated carbocycles. The van der Waals surface area contributed by atoms with Crippen LogP contribution in [0.25, 0.3) is 0 Å². The molecule has 1 fully saturated rings. The summed E-state index contributed by atoms with van der Waals surface area (Å²) in [7, 11) is 0. The molecule has 1 aliphatic heterocycles. The van der Waals surface area contributed by atoms with E-state index >= 15 is 0 Å². The summed E-state index contributed by atoms with van der Waals surface area (Å²) in [5, 5.41) is 31.2. The van der Waals surface area contributed by atoms with E-state index in [2.05, 4.69) is 16.0 Å². The smallest absolute Gasteiger partial charge is 0.417 e. The summed E-state index contributed by atoms with van der Waals surface area (Å²) in [5.41, 5.74) is -0.166.